The van der Waals surface area contributed by atoms with Gasteiger partial charge in [-0.25, -0.2) is 0 Å². The zero-order valence-electron chi connectivity index (χ0n) is 18.4. The van der Waals surface area contributed by atoms with Crippen LogP contribution in [0.4, 0.5) is 0 Å². The summed E-state index contributed by atoms with van der Waals surface area (Å²) in [6.45, 7) is 0.227. The van der Waals surface area contributed by atoms with Crippen molar-refractivity contribution in [2.24, 2.45) is 10.8 Å². The Morgan fingerprint density at radius 1 is 1.15 bits per heavy atom. The van der Waals surface area contributed by atoms with Crippen molar-refractivity contribution >= 4 is 17.7 Å². The number of nitrogens with zero attached hydrogens (tertiary/aromatic N) is 3. The van der Waals surface area contributed by atoms with Gasteiger partial charge in [-0.05, 0) is 12.0 Å². The molecule has 0 aromatic rings. The fraction of sp³-hybridized carbons (Fsp3) is 0.833. The van der Waals surface area contributed by atoms with Crippen molar-refractivity contribution in [3.05, 3.63) is 10.4 Å². The van der Waals surface area contributed by atoms with Gasteiger partial charge < -0.3 is 51.4 Å². The molecule has 1 heterocycles. The number of nitrogens with one attached hydrogen (secondary N) is 2. The molecule has 34 heavy (non-hydrogen) atoms. The third kappa shape index (κ3) is 10.3. The van der Waals surface area contributed by atoms with E-state index in [1.807, 2.05) is 0 Å². The summed E-state index contributed by atoms with van der Waals surface area (Å²) in [4.78, 5) is 38.2. The number of Topliss-reactive ketones (excluding diaryl/α,β-unsaturated/α-hetero) is 1. The van der Waals surface area contributed by atoms with E-state index in [0.29, 0.717) is 6.42 Å². The number of azide groups is 1. The fourth-order valence-corrected chi connectivity index (χ4v) is 3.03. The Balaban J connectivity index is 2.62. The molecule has 0 aliphatic carbocycles. The molecule has 16 heteroatoms. The molecule has 1 aliphatic heterocycles. The summed E-state index contributed by atoms with van der Waals surface area (Å²) in [7, 11) is 0. The summed E-state index contributed by atoms with van der Waals surface area (Å²) < 4.78 is 10.2. The number of amides is 1. The van der Waals surface area contributed by atoms with E-state index in [0.717, 1.165) is 0 Å². The lowest BCUT2D eigenvalue weighted by atomic mass is 9.99. The van der Waals surface area contributed by atoms with Crippen molar-refractivity contribution < 1.29 is 49.4 Å². The number of hydrogen-bond acceptors (Lipinski definition) is 12. The highest BCUT2D eigenvalue weighted by Gasteiger charge is 2.42. The molecule has 1 rings (SSSR count). The summed E-state index contributed by atoms with van der Waals surface area (Å²) >= 11 is 0. The molecule has 194 valence electrons. The highest BCUT2D eigenvalue weighted by atomic mass is 16.6. The molecule has 1 fully saturated rings. The first kappa shape index (κ1) is 29.6. The quantitative estimate of drug-likeness (QED) is 0.0448. The molecule has 0 aromatic heterocycles. The van der Waals surface area contributed by atoms with Gasteiger partial charge in [0.15, 0.2) is 12.1 Å². The van der Waals surface area contributed by atoms with E-state index in [9.17, 15) is 34.8 Å². The van der Waals surface area contributed by atoms with Gasteiger partial charge in [0.05, 0.1) is 19.1 Å². The van der Waals surface area contributed by atoms with Crippen molar-refractivity contribution in [2.45, 2.75) is 62.1 Å². The number of carboxylic acids is 1. The van der Waals surface area contributed by atoms with Crippen LogP contribution in [0.5, 0.6) is 0 Å². The minimum absolute atomic E-state index is 0.00526. The van der Waals surface area contributed by atoms with Crippen LogP contribution >= 0.6 is 0 Å². The number of hydrogen-bond donors (Lipinski definition) is 8. The molecular formula is C18H32N6O10. The number of carbonyl (C=O) groups excluding carboxylic acids is 2. The van der Waals surface area contributed by atoms with Gasteiger partial charge in [-0.1, -0.05) is 5.11 Å². The maximum Gasteiger partial charge on any atom is 0.321 e. The van der Waals surface area contributed by atoms with Crippen molar-refractivity contribution in [1.82, 2.24) is 10.6 Å². The third-order valence-corrected chi connectivity index (χ3v) is 4.94. The molecule has 0 aromatic carbocycles. The normalized spacial score (nSPS) is 26.2. The maximum absolute atomic E-state index is 12.6. The van der Waals surface area contributed by atoms with Gasteiger partial charge in [-0.15, -0.1) is 0 Å². The number of nitrogens with two attached hydrogens (primary N) is 1. The Kier molecular flexibility index (Phi) is 13.5. The number of rotatable bonds is 16. The standard InChI is InChI=1S/C18H32N6O10/c19-9(17(30)31)6-13(26)23-10(11(25)2-1-4-33-5-3-22-24-20)7-21-8-12-14(27)15(28)16(29)18(32)34-12/h9-10,12,14-16,18,21,27-29,32H,1-8,19H2,(H,23,26)(H,30,31)/t9?,10?,12?,14-,15+,16?,18-/m1/s1. The lowest BCUT2D eigenvalue weighted by molar-refractivity contribution is -0.280. The van der Waals surface area contributed by atoms with Gasteiger partial charge >= 0.3 is 5.97 Å². The van der Waals surface area contributed by atoms with Crippen LogP contribution in [0.1, 0.15) is 19.3 Å². The Morgan fingerprint density at radius 2 is 1.85 bits per heavy atom. The first-order valence-corrected chi connectivity index (χ1v) is 10.6. The van der Waals surface area contributed by atoms with Crippen molar-refractivity contribution in [3.63, 3.8) is 0 Å². The maximum atomic E-state index is 12.6. The zero-order valence-corrected chi connectivity index (χ0v) is 18.4. The van der Waals surface area contributed by atoms with Crippen LogP contribution in [0, 0.1) is 0 Å². The number of carbonyl (C=O) groups is 3. The lowest BCUT2D eigenvalue weighted by Crippen LogP contribution is -2.60. The van der Waals surface area contributed by atoms with Crippen LogP contribution in [0.25, 0.3) is 10.4 Å². The summed E-state index contributed by atoms with van der Waals surface area (Å²) in [5.74, 6) is -2.54. The molecule has 16 nitrogen and oxygen atoms in total. The van der Waals surface area contributed by atoms with E-state index in [4.69, 9.17) is 25.8 Å². The van der Waals surface area contributed by atoms with Crippen molar-refractivity contribution in [2.75, 3.05) is 32.8 Å². The third-order valence-electron chi connectivity index (χ3n) is 4.94. The topological polar surface area (TPSA) is 270 Å². The Hall–Kier alpha value is -2.40. The first-order chi connectivity index (χ1) is 16.1. The number of aliphatic hydroxyl groups is 4. The Bertz CT molecular complexity index is 721. The first-order valence-electron chi connectivity index (χ1n) is 10.6. The van der Waals surface area contributed by atoms with E-state index in [1.165, 1.54) is 0 Å². The van der Waals surface area contributed by atoms with E-state index >= 15 is 0 Å². The van der Waals surface area contributed by atoms with Crippen LogP contribution in [-0.2, 0) is 23.9 Å². The fourth-order valence-electron chi connectivity index (χ4n) is 3.03. The number of aliphatic carboxylic acids is 1. The lowest BCUT2D eigenvalue weighted by Gasteiger charge is -2.38. The molecule has 0 saturated carbocycles. The molecular weight excluding hydrogens is 460 g/mol. The van der Waals surface area contributed by atoms with Crippen LogP contribution in [0.2, 0.25) is 0 Å². The van der Waals surface area contributed by atoms with Gasteiger partial charge in [0.25, 0.3) is 0 Å². The summed E-state index contributed by atoms with van der Waals surface area (Å²) in [6.07, 6.45) is -7.95. The number of aliphatic hydroxyl groups excluding tert-OH is 4. The predicted molar refractivity (Wildman–Crippen MR) is 113 cm³/mol. The Morgan fingerprint density at radius 3 is 2.50 bits per heavy atom. The minimum Gasteiger partial charge on any atom is -0.480 e. The van der Waals surface area contributed by atoms with E-state index in [2.05, 4.69) is 20.7 Å². The smallest absolute Gasteiger partial charge is 0.321 e. The average Bonchev–Trinajstić information content (AvgIpc) is 2.79. The molecule has 1 amide bonds. The molecule has 0 spiro atoms. The van der Waals surface area contributed by atoms with E-state index in [-0.39, 0.29) is 39.3 Å². The molecule has 0 radical (unpaired) electrons. The summed E-state index contributed by atoms with van der Waals surface area (Å²) in [5, 5.41) is 56.2. The molecule has 0 bridgehead atoms. The van der Waals surface area contributed by atoms with Crippen LogP contribution in [0.15, 0.2) is 5.11 Å². The Labute approximate surface area is 194 Å². The molecule has 1 aliphatic rings. The minimum atomic E-state index is -1.72. The van der Waals surface area contributed by atoms with Crippen molar-refractivity contribution in [3.8, 4) is 0 Å². The number of carboxylic acid groups (broad SMARTS) is 1. The number of ketones is 1. The van der Waals surface area contributed by atoms with Crippen LogP contribution in [-0.4, -0.2) is 119 Å². The van der Waals surface area contributed by atoms with Crippen LogP contribution < -0.4 is 16.4 Å². The average molecular weight is 492 g/mol. The second-order valence-electron chi connectivity index (χ2n) is 7.60. The predicted octanol–water partition coefficient (Wildman–Crippen LogP) is -3.66. The molecule has 1 saturated heterocycles. The van der Waals surface area contributed by atoms with E-state index < -0.39 is 66.9 Å². The summed E-state index contributed by atoms with van der Waals surface area (Å²) in [6, 6.07) is -2.54. The highest BCUT2D eigenvalue weighted by molar-refractivity contribution is 5.91. The molecule has 7 atom stereocenters. The monoisotopic (exact) mass is 492 g/mol. The largest absolute Gasteiger partial charge is 0.480 e. The van der Waals surface area contributed by atoms with Gasteiger partial charge in [0, 0.05) is 37.6 Å². The van der Waals surface area contributed by atoms with Gasteiger partial charge in [-0.3, -0.25) is 14.4 Å². The van der Waals surface area contributed by atoms with Crippen molar-refractivity contribution in [1.29, 1.82) is 0 Å². The highest BCUT2D eigenvalue weighted by Crippen LogP contribution is 2.19. The summed E-state index contributed by atoms with van der Waals surface area (Å²) in [5.41, 5.74) is 13.5. The molecule has 4 unspecified atom stereocenters. The van der Waals surface area contributed by atoms with Crippen LogP contribution in [0.3, 0.4) is 0 Å². The SMILES string of the molecule is [N-]=[N+]=NCCOCCCC(=O)C(CNCC1O[C@@H](O)C(O)[C@@H](O)[C@@H]1O)NC(=O)CC(N)C(=O)O. The second-order valence-corrected chi connectivity index (χ2v) is 7.60. The van der Waals surface area contributed by atoms with Gasteiger partial charge in [0.1, 0.15) is 30.5 Å². The molecule has 9 N–H and O–H groups in total. The van der Waals surface area contributed by atoms with Gasteiger partial charge in [-0.2, -0.15) is 0 Å². The van der Waals surface area contributed by atoms with E-state index in [1.54, 1.807) is 0 Å². The second kappa shape index (κ2) is 15.5. The number of ether oxygens (including phenoxy) is 2. The zero-order chi connectivity index (χ0) is 25.7. The van der Waals surface area contributed by atoms with Gasteiger partial charge in [0.2, 0.25) is 5.91 Å².